The quantitative estimate of drug-likeness (QED) is 0.728. The molecule has 3 rings (SSSR count). The van der Waals surface area contributed by atoms with Gasteiger partial charge in [0.05, 0.1) is 18.7 Å². The number of benzene rings is 2. The molecule has 4 heteroatoms. The van der Waals surface area contributed by atoms with E-state index in [0.717, 1.165) is 44.6 Å². The number of aliphatic carboxylic acids is 1. The smallest absolute Gasteiger partial charge is 0.307 e. The Morgan fingerprint density at radius 2 is 1.96 bits per heavy atom. The maximum Gasteiger partial charge on any atom is 0.307 e. The number of aromatic amines is 1. The van der Waals surface area contributed by atoms with Gasteiger partial charge in [-0.3, -0.25) is 4.79 Å². The number of rotatable bonds is 5. The first-order valence-corrected chi connectivity index (χ1v) is 8.06. The van der Waals surface area contributed by atoms with Crippen LogP contribution in [0.25, 0.3) is 22.2 Å². The molecule has 124 valence electrons. The first-order valence-electron chi connectivity index (χ1n) is 8.06. The molecule has 3 aromatic rings. The lowest BCUT2D eigenvalue weighted by Gasteiger charge is -2.08. The van der Waals surface area contributed by atoms with E-state index in [1.54, 1.807) is 0 Å². The van der Waals surface area contributed by atoms with E-state index in [-0.39, 0.29) is 6.42 Å². The van der Waals surface area contributed by atoms with Crippen LogP contribution in [0.5, 0.6) is 5.75 Å². The molecule has 1 heterocycles. The minimum Gasteiger partial charge on any atom is -0.494 e. The van der Waals surface area contributed by atoms with Gasteiger partial charge in [-0.1, -0.05) is 17.7 Å². The molecule has 0 amide bonds. The Balaban J connectivity index is 2.26. The number of H-pyrrole nitrogens is 1. The molecule has 1 aromatic heterocycles. The van der Waals surface area contributed by atoms with Crippen LogP contribution in [0, 0.1) is 13.8 Å². The summed E-state index contributed by atoms with van der Waals surface area (Å²) in [5.74, 6) is -0.0903. The zero-order valence-electron chi connectivity index (χ0n) is 14.1. The maximum absolute atomic E-state index is 11.4. The van der Waals surface area contributed by atoms with Gasteiger partial charge in [0, 0.05) is 16.5 Å². The summed E-state index contributed by atoms with van der Waals surface area (Å²) in [6, 6.07) is 12.0. The van der Waals surface area contributed by atoms with E-state index < -0.39 is 5.97 Å². The molecule has 0 fully saturated rings. The largest absolute Gasteiger partial charge is 0.494 e. The summed E-state index contributed by atoms with van der Waals surface area (Å²) in [6.45, 7) is 6.58. The number of fused-ring (bicyclic) bond motifs is 1. The molecule has 0 atom stereocenters. The lowest BCUT2D eigenvalue weighted by molar-refractivity contribution is -0.136. The van der Waals surface area contributed by atoms with Gasteiger partial charge in [-0.15, -0.1) is 0 Å². The number of aryl methyl sites for hydroxylation is 2. The summed E-state index contributed by atoms with van der Waals surface area (Å²) in [5.41, 5.74) is 5.90. The summed E-state index contributed by atoms with van der Waals surface area (Å²) in [5, 5.41) is 10.3. The molecule has 0 saturated carbocycles. The second kappa shape index (κ2) is 6.40. The van der Waals surface area contributed by atoms with Gasteiger partial charge in [-0.05, 0) is 56.2 Å². The molecular weight excluding hydrogens is 302 g/mol. The Morgan fingerprint density at radius 1 is 1.17 bits per heavy atom. The minimum atomic E-state index is -0.843. The molecule has 24 heavy (non-hydrogen) atoms. The number of ether oxygens (including phenoxy) is 1. The van der Waals surface area contributed by atoms with Gasteiger partial charge in [0.1, 0.15) is 5.75 Å². The summed E-state index contributed by atoms with van der Waals surface area (Å²) in [7, 11) is 0. The average molecular weight is 323 g/mol. The van der Waals surface area contributed by atoms with Crippen molar-refractivity contribution >= 4 is 16.9 Å². The summed E-state index contributed by atoms with van der Waals surface area (Å²) < 4.78 is 5.57. The number of carbonyl (C=O) groups is 1. The maximum atomic E-state index is 11.4. The second-order valence-corrected chi connectivity index (χ2v) is 6.01. The number of carboxylic acid groups (broad SMARTS) is 1. The molecule has 0 saturated heterocycles. The molecule has 0 aliphatic rings. The van der Waals surface area contributed by atoms with Crippen LogP contribution in [0.1, 0.15) is 23.6 Å². The first-order chi connectivity index (χ1) is 11.5. The second-order valence-electron chi connectivity index (χ2n) is 6.01. The summed E-state index contributed by atoms with van der Waals surface area (Å²) in [4.78, 5) is 14.8. The van der Waals surface area contributed by atoms with E-state index in [9.17, 15) is 9.90 Å². The number of carboxylic acids is 1. The van der Waals surface area contributed by atoms with Crippen LogP contribution in [-0.2, 0) is 11.2 Å². The molecule has 0 aliphatic carbocycles. The van der Waals surface area contributed by atoms with Gasteiger partial charge in [0.25, 0.3) is 0 Å². The van der Waals surface area contributed by atoms with Crippen molar-refractivity contribution in [3.8, 4) is 17.0 Å². The van der Waals surface area contributed by atoms with E-state index in [1.165, 1.54) is 0 Å². The van der Waals surface area contributed by atoms with Crippen LogP contribution >= 0.6 is 0 Å². The van der Waals surface area contributed by atoms with Crippen molar-refractivity contribution in [2.75, 3.05) is 6.61 Å². The highest BCUT2D eigenvalue weighted by Crippen LogP contribution is 2.34. The third kappa shape index (κ3) is 3.00. The third-order valence-corrected chi connectivity index (χ3v) is 4.18. The van der Waals surface area contributed by atoms with Crippen molar-refractivity contribution < 1.29 is 14.6 Å². The molecule has 2 N–H and O–H groups in total. The predicted octanol–water partition coefficient (Wildman–Crippen LogP) is 4.48. The van der Waals surface area contributed by atoms with Crippen LogP contribution in [0.3, 0.4) is 0 Å². The highest BCUT2D eigenvalue weighted by Gasteiger charge is 2.18. The van der Waals surface area contributed by atoms with Crippen molar-refractivity contribution in [2.45, 2.75) is 27.2 Å². The normalized spacial score (nSPS) is 11.0. The molecular formula is C20H21NO3. The van der Waals surface area contributed by atoms with Crippen molar-refractivity contribution in [3.63, 3.8) is 0 Å². The SMILES string of the molecule is CCOc1ccc2[nH]c(-c3cc(C)ccc3C)c(CC(=O)O)c2c1. The number of nitrogens with one attached hydrogen (secondary N) is 1. The van der Waals surface area contributed by atoms with Gasteiger partial charge < -0.3 is 14.8 Å². The van der Waals surface area contributed by atoms with E-state index in [4.69, 9.17) is 4.74 Å². The van der Waals surface area contributed by atoms with Crippen molar-refractivity contribution in [1.82, 2.24) is 4.98 Å². The molecule has 0 bridgehead atoms. The van der Waals surface area contributed by atoms with Crippen LogP contribution in [0.4, 0.5) is 0 Å². The molecule has 2 aromatic carbocycles. The van der Waals surface area contributed by atoms with Gasteiger partial charge >= 0.3 is 5.97 Å². The fraction of sp³-hybridized carbons (Fsp3) is 0.250. The molecule has 0 unspecified atom stereocenters. The minimum absolute atomic E-state index is 0.0295. The highest BCUT2D eigenvalue weighted by molar-refractivity contribution is 5.95. The predicted molar refractivity (Wildman–Crippen MR) is 95.7 cm³/mol. The van der Waals surface area contributed by atoms with Crippen LogP contribution in [0.15, 0.2) is 36.4 Å². The van der Waals surface area contributed by atoms with E-state index in [0.29, 0.717) is 6.61 Å². The van der Waals surface area contributed by atoms with E-state index in [1.807, 2.05) is 39.0 Å². The lowest BCUT2D eigenvalue weighted by Crippen LogP contribution is -2.01. The molecule has 4 nitrogen and oxygen atoms in total. The van der Waals surface area contributed by atoms with E-state index in [2.05, 4.69) is 23.2 Å². The monoisotopic (exact) mass is 323 g/mol. The Bertz CT molecular complexity index is 909. The molecule has 0 radical (unpaired) electrons. The van der Waals surface area contributed by atoms with E-state index >= 15 is 0 Å². The van der Waals surface area contributed by atoms with Gasteiger partial charge in [0.15, 0.2) is 0 Å². The van der Waals surface area contributed by atoms with Crippen molar-refractivity contribution in [3.05, 3.63) is 53.1 Å². The van der Waals surface area contributed by atoms with Crippen molar-refractivity contribution in [2.24, 2.45) is 0 Å². The van der Waals surface area contributed by atoms with Gasteiger partial charge in [-0.2, -0.15) is 0 Å². The number of hydrogen-bond acceptors (Lipinski definition) is 2. The highest BCUT2D eigenvalue weighted by atomic mass is 16.5. The molecule has 0 aliphatic heterocycles. The zero-order valence-corrected chi connectivity index (χ0v) is 14.1. The Kier molecular flexibility index (Phi) is 4.30. The van der Waals surface area contributed by atoms with Gasteiger partial charge in [0.2, 0.25) is 0 Å². The number of aromatic nitrogens is 1. The standard InChI is InChI=1S/C20H21NO3/c1-4-24-14-7-8-18-16(10-14)17(11-19(22)23)20(21-18)15-9-12(2)5-6-13(15)3/h5-10,21H,4,11H2,1-3H3,(H,22,23). The third-order valence-electron chi connectivity index (χ3n) is 4.18. The van der Waals surface area contributed by atoms with Crippen LogP contribution < -0.4 is 4.74 Å². The Hall–Kier alpha value is -2.75. The van der Waals surface area contributed by atoms with Crippen LogP contribution in [0.2, 0.25) is 0 Å². The Labute approximate surface area is 141 Å². The lowest BCUT2D eigenvalue weighted by atomic mass is 9.97. The fourth-order valence-electron chi connectivity index (χ4n) is 3.05. The first kappa shape index (κ1) is 16.1. The summed E-state index contributed by atoms with van der Waals surface area (Å²) >= 11 is 0. The Morgan fingerprint density at radius 3 is 2.67 bits per heavy atom. The fourth-order valence-corrected chi connectivity index (χ4v) is 3.05. The summed E-state index contributed by atoms with van der Waals surface area (Å²) in [6.07, 6.45) is -0.0295. The number of hydrogen-bond donors (Lipinski definition) is 2. The van der Waals surface area contributed by atoms with Gasteiger partial charge in [-0.25, -0.2) is 0 Å². The zero-order chi connectivity index (χ0) is 17.3. The van der Waals surface area contributed by atoms with Crippen LogP contribution in [-0.4, -0.2) is 22.7 Å². The molecule has 0 spiro atoms. The van der Waals surface area contributed by atoms with Crippen molar-refractivity contribution in [1.29, 1.82) is 0 Å². The topological polar surface area (TPSA) is 62.3 Å². The average Bonchev–Trinajstić information content (AvgIpc) is 2.87.